The van der Waals surface area contributed by atoms with Crippen molar-refractivity contribution in [2.45, 2.75) is 51.6 Å². The molecule has 2 aliphatic heterocycles. The maximum absolute atomic E-state index is 14.4. The van der Waals surface area contributed by atoms with E-state index < -0.39 is 26.1 Å². The van der Waals surface area contributed by atoms with Crippen LogP contribution in [-0.2, 0) is 28.1 Å². The first-order valence-corrected chi connectivity index (χ1v) is 14.3. The van der Waals surface area contributed by atoms with Gasteiger partial charge in [0.2, 0.25) is 0 Å². The lowest BCUT2D eigenvalue weighted by molar-refractivity contribution is -0.156. The van der Waals surface area contributed by atoms with Gasteiger partial charge in [0.05, 0.1) is 43.7 Å². The molecule has 8 heteroatoms. The monoisotopic (exact) mass is 452 g/mol. The summed E-state index contributed by atoms with van der Waals surface area (Å²) in [6.07, 6.45) is 0.315. The minimum Gasteiger partial charge on any atom is -0.460 e. The first kappa shape index (κ1) is 21.0. The molecule has 0 saturated heterocycles. The summed E-state index contributed by atoms with van der Waals surface area (Å²) in [6.45, 7) is 8.02. The summed E-state index contributed by atoms with van der Waals surface area (Å²) < 4.78 is 21.3. The molecule has 1 atom stereocenters. The molecule has 166 valence electrons. The van der Waals surface area contributed by atoms with Crippen LogP contribution in [0.25, 0.3) is 22.3 Å². The number of carbonyl (C=O) groups is 1. The van der Waals surface area contributed by atoms with Gasteiger partial charge in [-0.1, -0.05) is 26.6 Å². The number of ether oxygens (including phenoxy) is 1. The van der Waals surface area contributed by atoms with Crippen molar-refractivity contribution in [1.29, 1.82) is 0 Å². The highest BCUT2D eigenvalue weighted by Gasteiger charge is 2.46. The number of benzene rings is 1. The number of carbonyl (C=O) groups excluding carboxylic acids is 1. The minimum absolute atomic E-state index is 0.105. The number of aliphatic hydroxyl groups is 1. The molecular formula is C24H25FN2O4Si. The molecule has 6 nitrogen and oxygen atoms in total. The van der Waals surface area contributed by atoms with Crippen LogP contribution in [0.4, 0.5) is 4.39 Å². The Bertz CT molecular complexity index is 1370. The van der Waals surface area contributed by atoms with Gasteiger partial charge in [0, 0.05) is 10.9 Å². The van der Waals surface area contributed by atoms with E-state index in [0.717, 1.165) is 21.7 Å². The second kappa shape index (κ2) is 6.83. The van der Waals surface area contributed by atoms with E-state index >= 15 is 0 Å². The Balaban J connectivity index is 1.82. The number of aliphatic hydroxyl groups excluding tert-OH is 1. The maximum atomic E-state index is 14.4. The Morgan fingerprint density at radius 1 is 1.22 bits per heavy atom. The average molecular weight is 453 g/mol. The van der Waals surface area contributed by atoms with E-state index in [4.69, 9.17) is 9.72 Å². The van der Waals surface area contributed by atoms with Gasteiger partial charge < -0.3 is 14.4 Å². The number of cyclic esters (lactones) is 1. The van der Waals surface area contributed by atoms with Crippen LogP contribution in [0.5, 0.6) is 0 Å². The number of halogens is 1. The van der Waals surface area contributed by atoms with Crippen molar-refractivity contribution in [2.75, 3.05) is 6.61 Å². The summed E-state index contributed by atoms with van der Waals surface area (Å²) in [5.41, 5.74) is 2.31. The fraction of sp³-hybridized carbons (Fsp3) is 0.375. The van der Waals surface area contributed by atoms with Crippen LogP contribution in [0.3, 0.4) is 0 Å². The Hall–Kier alpha value is -2.84. The van der Waals surface area contributed by atoms with E-state index in [1.165, 1.54) is 6.07 Å². The molecule has 5 rings (SSSR count). The first-order chi connectivity index (χ1) is 15.1. The van der Waals surface area contributed by atoms with Gasteiger partial charge in [0.15, 0.2) is 0 Å². The highest BCUT2D eigenvalue weighted by molar-refractivity contribution is 6.90. The molecular weight excluding hydrogens is 427 g/mol. The van der Waals surface area contributed by atoms with E-state index in [-0.39, 0.29) is 18.0 Å². The topological polar surface area (TPSA) is 81.4 Å². The van der Waals surface area contributed by atoms with Gasteiger partial charge in [0.25, 0.3) is 5.56 Å². The molecule has 0 aliphatic carbocycles. The van der Waals surface area contributed by atoms with Crippen LogP contribution < -0.4 is 10.7 Å². The summed E-state index contributed by atoms with van der Waals surface area (Å²) in [5, 5.41) is 11.8. The van der Waals surface area contributed by atoms with Gasteiger partial charge in [0.1, 0.15) is 17.8 Å². The summed E-state index contributed by atoms with van der Waals surface area (Å²) in [5.74, 6) is -0.799. The summed E-state index contributed by atoms with van der Waals surface area (Å²) in [7, 11) is -1.90. The molecule has 0 spiro atoms. The van der Waals surface area contributed by atoms with E-state index in [0.29, 0.717) is 35.5 Å². The van der Waals surface area contributed by atoms with E-state index in [1.807, 2.05) is 12.1 Å². The number of esters is 1. The minimum atomic E-state index is -1.90. The van der Waals surface area contributed by atoms with Crippen LogP contribution in [-0.4, -0.2) is 35.3 Å². The largest absolute Gasteiger partial charge is 0.460 e. The number of fused-ring (bicyclic) bond motifs is 5. The molecule has 4 heterocycles. The molecule has 2 aliphatic rings. The van der Waals surface area contributed by atoms with Crippen LogP contribution >= 0.6 is 0 Å². The van der Waals surface area contributed by atoms with Gasteiger partial charge in [-0.3, -0.25) is 9.59 Å². The molecule has 2 aromatic heterocycles. The lowest BCUT2D eigenvalue weighted by atomic mass is 9.75. The maximum Gasteiger partial charge on any atom is 0.319 e. The molecule has 0 saturated carbocycles. The fourth-order valence-electron chi connectivity index (χ4n) is 4.97. The van der Waals surface area contributed by atoms with Crippen molar-refractivity contribution >= 4 is 30.1 Å². The molecule has 3 aromatic rings. The third-order valence-electron chi connectivity index (χ3n) is 6.87. The van der Waals surface area contributed by atoms with Crippen molar-refractivity contribution < 1.29 is 19.0 Å². The fourth-order valence-corrected chi connectivity index (χ4v) is 6.45. The standard InChI is InChI=1S/C24H25FN2O4Si/c1-5-24(12-28)17-9-18-20-14(10-27(18)22(29)16(17)11-31-23(24)30)6-13-7-15(25)8-19(21(13)26-20)32(2,3)4/h6-9,28H,5,10-12H2,1-4H3. The Morgan fingerprint density at radius 3 is 2.62 bits per heavy atom. The third-order valence-corrected chi connectivity index (χ3v) is 8.87. The van der Waals surface area contributed by atoms with Crippen molar-refractivity contribution in [3.63, 3.8) is 0 Å². The third kappa shape index (κ3) is 2.75. The van der Waals surface area contributed by atoms with Crippen LogP contribution in [0.15, 0.2) is 29.1 Å². The SMILES string of the molecule is CCC1(CO)C(=O)OCc2c1cc1n(c2=O)Cc2cc3cc(F)cc([Si](C)(C)C)c3nc2-1. The molecule has 0 amide bonds. The molecule has 0 bridgehead atoms. The van der Waals surface area contributed by atoms with Gasteiger partial charge in [-0.25, -0.2) is 9.37 Å². The van der Waals surface area contributed by atoms with Crippen molar-refractivity contribution in [2.24, 2.45) is 0 Å². The van der Waals surface area contributed by atoms with Crippen LogP contribution in [0.2, 0.25) is 19.6 Å². The molecule has 1 aromatic carbocycles. The van der Waals surface area contributed by atoms with Gasteiger partial charge in [-0.05, 0) is 41.4 Å². The number of hydrogen-bond acceptors (Lipinski definition) is 5. The predicted octanol–water partition coefficient (Wildman–Crippen LogP) is 2.81. The lowest BCUT2D eigenvalue weighted by Crippen LogP contribution is -2.47. The zero-order valence-electron chi connectivity index (χ0n) is 18.6. The second-order valence-electron chi connectivity index (χ2n) is 9.75. The summed E-state index contributed by atoms with van der Waals surface area (Å²) >= 11 is 0. The van der Waals surface area contributed by atoms with Crippen LogP contribution in [0, 0.1) is 5.82 Å². The summed E-state index contributed by atoms with van der Waals surface area (Å²) in [4.78, 5) is 30.9. The zero-order chi connectivity index (χ0) is 23.0. The van der Waals surface area contributed by atoms with E-state index in [2.05, 4.69) is 19.6 Å². The van der Waals surface area contributed by atoms with Crippen molar-refractivity contribution in [3.05, 3.63) is 57.1 Å². The number of nitrogens with zero attached hydrogens (tertiary/aromatic N) is 2. The van der Waals surface area contributed by atoms with Gasteiger partial charge in [-0.15, -0.1) is 0 Å². The van der Waals surface area contributed by atoms with Gasteiger partial charge >= 0.3 is 5.97 Å². The number of hydrogen-bond donors (Lipinski definition) is 1. The lowest BCUT2D eigenvalue weighted by Gasteiger charge is -2.34. The molecule has 0 fully saturated rings. The highest BCUT2D eigenvalue weighted by Crippen LogP contribution is 2.39. The van der Waals surface area contributed by atoms with Crippen molar-refractivity contribution in [1.82, 2.24) is 9.55 Å². The normalized spacial score (nSPS) is 19.5. The quantitative estimate of drug-likeness (QED) is 0.382. The second-order valence-corrected chi connectivity index (χ2v) is 14.8. The predicted molar refractivity (Wildman–Crippen MR) is 122 cm³/mol. The summed E-state index contributed by atoms with van der Waals surface area (Å²) in [6, 6.07) is 6.80. The van der Waals surface area contributed by atoms with E-state index in [1.54, 1.807) is 17.6 Å². The van der Waals surface area contributed by atoms with Crippen LogP contribution in [0.1, 0.15) is 30.0 Å². The van der Waals surface area contributed by atoms with Gasteiger partial charge in [-0.2, -0.15) is 0 Å². The molecule has 32 heavy (non-hydrogen) atoms. The average Bonchev–Trinajstić information content (AvgIpc) is 3.09. The Morgan fingerprint density at radius 2 is 1.97 bits per heavy atom. The van der Waals surface area contributed by atoms with E-state index in [9.17, 15) is 19.1 Å². The zero-order valence-corrected chi connectivity index (χ0v) is 19.6. The number of pyridine rings is 2. The number of rotatable bonds is 3. The Labute approximate surface area is 185 Å². The molecule has 1 unspecified atom stereocenters. The van der Waals surface area contributed by atoms with Crippen molar-refractivity contribution in [3.8, 4) is 11.4 Å². The Kier molecular flexibility index (Phi) is 4.48. The smallest absolute Gasteiger partial charge is 0.319 e. The highest BCUT2D eigenvalue weighted by atomic mass is 28.3. The first-order valence-electron chi connectivity index (χ1n) is 10.8. The number of aromatic nitrogens is 2. The molecule has 1 N–H and O–H groups in total. The molecule has 0 radical (unpaired) electrons.